The number of hydrogen-bond donors (Lipinski definition) is 2. The van der Waals surface area contributed by atoms with Gasteiger partial charge in [-0.05, 0) is 66.7 Å². The highest BCUT2D eigenvalue weighted by Crippen LogP contribution is 2.37. The van der Waals surface area contributed by atoms with Crippen molar-refractivity contribution in [3.8, 4) is 0 Å². The first-order chi connectivity index (χ1) is 19.8. The lowest BCUT2D eigenvalue weighted by Gasteiger charge is -2.27. The largest absolute Gasteiger partial charge is 0.418 e. The second-order valence-corrected chi connectivity index (χ2v) is 9.06. The van der Waals surface area contributed by atoms with E-state index in [1.807, 2.05) is 77.7 Å². The van der Waals surface area contributed by atoms with Crippen LogP contribution in [0.25, 0.3) is 0 Å². The molecule has 0 bridgehead atoms. The van der Waals surface area contributed by atoms with Crippen LogP contribution in [0.3, 0.4) is 0 Å². The van der Waals surface area contributed by atoms with Crippen LogP contribution in [0.4, 0.5) is 41.6 Å². The lowest BCUT2D eigenvalue weighted by Crippen LogP contribution is -2.19. The van der Waals surface area contributed by atoms with Crippen LogP contribution >= 0.6 is 0 Å². The molecule has 0 unspecified atom stereocenters. The van der Waals surface area contributed by atoms with E-state index in [2.05, 4.69) is 10.6 Å². The van der Waals surface area contributed by atoms with Crippen LogP contribution in [0, 0.1) is 0 Å². The molecule has 0 aromatic heterocycles. The third-order valence-corrected chi connectivity index (χ3v) is 6.28. The van der Waals surface area contributed by atoms with Crippen molar-refractivity contribution in [3.63, 3.8) is 0 Å². The van der Waals surface area contributed by atoms with Gasteiger partial charge in [0, 0.05) is 22.6 Å². The van der Waals surface area contributed by atoms with Crippen molar-refractivity contribution in [2.24, 2.45) is 0 Å². The van der Waals surface area contributed by atoms with Gasteiger partial charge >= 0.3 is 6.18 Å². The molecule has 2 amide bonds. The van der Waals surface area contributed by atoms with Gasteiger partial charge in [-0.25, -0.2) is 0 Å². The summed E-state index contributed by atoms with van der Waals surface area (Å²) in [6, 6.07) is 37.2. The first-order valence-electron chi connectivity index (χ1n) is 12.7. The van der Waals surface area contributed by atoms with Gasteiger partial charge in [0.15, 0.2) is 0 Å². The Morgan fingerprint density at radius 2 is 1.17 bits per heavy atom. The summed E-state index contributed by atoms with van der Waals surface area (Å²) in [6.45, 7) is 0. The highest BCUT2D eigenvalue weighted by molar-refractivity contribution is 6.10. The number of amides is 2. The molecule has 5 aromatic rings. The topological polar surface area (TPSA) is 61.4 Å². The summed E-state index contributed by atoms with van der Waals surface area (Å²) < 4.78 is 40.1. The second-order valence-electron chi connectivity index (χ2n) is 9.06. The number of hydrogen-bond acceptors (Lipinski definition) is 3. The van der Waals surface area contributed by atoms with E-state index in [-0.39, 0.29) is 11.3 Å². The summed E-state index contributed by atoms with van der Waals surface area (Å²) in [5.74, 6) is -1.16. The van der Waals surface area contributed by atoms with E-state index in [1.165, 1.54) is 30.3 Å². The number of nitrogens with zero attached hydrogens (tertiary/aromatic N) is 1. The summed E-state index contributed by atoms with van der Waals surface area (Å²) in [5, 5.41) is 5.15. The minimum atomic E-state index is -4.62. The molecule has 0 aliphatic carbocycles. The summed E-state index contributed by atoms with van der Waals surface area (Å²) in [5.41, 5.74) is 1.84. The van der Waals surface area contributed by atoms with E-state index >= 15 is 0 Å². The van der Waals surface area contributed by atoms with Gasteiger partial charge in [-0.2, -0.15) is 13.2 Å². The molecule has 0 radical (unpaired) electrons. The van der Waals surface area contributed by atoms with Crippen LogP contribution in [0.15, 0.2) is 133 Å². The fourth-order valence-electron chi connectivity index (χ4n) is 4.41. The lowest BCUT2D eigenvalue weighted by molar-refractivity contribution is -0.136. The minimum Gasteiger partial charge on any atom is -0.322 e. The van der Waals surface area contributed by atoms with Gasteiger partial charge in [0.1, 0.15) is 0 Å². The molecule has 0 saturated heterocycles. The fraction of sp³-hybridized carbons (Fsp3) is 0.0303. The summed E-state index contributed by atoms with van der Waals surface area (Å²) in [4.78, 5) is 28.4. The van der Waals surface area contributed by atoms with E-state index in [4.69, 9.17) is 0 Å². The summed E-state index contributed by atoms with van der Waals surface area (Å²) in [6.07, 6.45) is -4.62. The van der Waals surface area contributed by atoms with Crippen LogP contribution < -0.4 is 15.5 Å². The van der Waals surface area contributed by atoms with Crippen molar-refractivity contribution < 1.29 is 22.8 Å². The average molecular weight is 552 g/mol. The third kappa shape index (κ3) is 6.28. The van der Waals surface area contributed by atoms with Crippen molar-refractivity contribution in [2.45, 2.75) is 6.18 Å². The SMILES string of the molecule is O=C(Nc1ccccc1C(F)(F)F)c1cccc(NC(=O)c2ccccc2N(c2ccccc2)c2ccccc2)c1. The van der Waals surface area contributed by atoms with E-state index in [0.717, 1.165) is 17.4 Å². The number of nitrogens with one attached hydrogen (secondary N) is 2. The summed E-state index contributed by atoms with van der Waals surface area (Å²) in [7, 11) is 0. The lowest BCUT2D eigenvalue weighted by atomic mass is 10.1. The van der Waals surface area contributed by atoms with Gasteiger partial charge < -0.3 is 15.5 Å². The molecule has 0 fully saturated rings. The molecule has 0 aliphatic heterocycles. The predicted octanol–water partition coefficient (Wildman–Crippen LogP) is 8.68. The van der Waals surface area contributed by atoms with Crippen LogP contribution in [0.2, 0.25) is 0 Å². The molecule has 204 valence electrons. The minimum absolute atomic E-state index is 0.0864. The van der Waals surface area contributed by atoms with E-state index in [1.54, 1.807) is 24.3 Å². The monoisotopic (exact) mass is 551 g/mol. The van der Waals surface area contributed by atoms with Crippen LogP contribution in [0.5, 0.6) is 0 Å². The fourth-order valence-corrected chi connectivity index (χ4v) is 4.41. The maximum Gasteiger partial charge on any atom is 0.418 e. The van der Waals surface area contributed by atoms with Crippen LogP contribution in [-0.4, -0.2) is 11.8 Å². The zero-order valence-corrected chi connectivity index (χ0v) is 21.6. The molecule has 5 aromatic carbocycles. The van der Waals surface area contributed by atoms with Crippen molar-refractivity contribution in [2.75, 3.05) is 15.5 Å². The smallest absolute Gasteiger partial charge is 0.322 e. The second kappa shape index (κ2) is 11.8. The Balaban J connectivity index is 1.42. The number of anilines is 5. The molecule has 5 nitrogen and oxygen atoms in total. The number of benzene rings is 5. The maximum absolute atomic E-state index is 13.6. The van der Waals surface area contributed by atoms with Gasteiger partial charge in [-0.3, -0.25) is 9.59 Å². The highest BCUT2D eigenvalue weighted by Gasteiger charge is 2.33. The van der Waals surface area contributed by atoms with Gasteiger partial charge in [0.2, 0.25) is 0 Å². The number of rotatable bonds is 7. The van der Waals surface area contributed by atoms with Gasteiger partial charge in [-0.15, -0.1) is 0 Å². The first kappa shape index (κ1) is 27.2. The highest BCUT2D eigenvalue weighted by atomic mass is 19.4. The molecule has 41 heavy (non-hydrogen) atoms. The molecule has 0 aliphatic rings. The molecule has 5 rings (SSSR count). The summed E-state index contributed by atoms with van der Waals surface area (Å²) >= 11 is 0. The quantitative estimate of drug-likeness (QED) is 0.213. The standard InChI is InChI=1S/C33H24F3N3O2/c34-33(35,36)28-19-8-9-20-29(28)38-31(40)23-12-11-13-24(22-23)37-32(41)27-18-7-10-21-30(27)39(25-14-3-1-4-15-25)26-16-5-2-6-17-26/h1-22H,(H,37,41)(H,38,40). The Labute approximate surface area is 234 Å². The Kier molecular flexibility index (Phi) is 7.83. The van der Waals surface area contributed by atoms with E-state index in [9.17, 15) is 22.8 Å². The average Bonchev–Trinajstić information content (AvgIpc) is 2.98. The molecular formula is C33H24F3N3O2. The molecule has 0 spiro atoms. The van der Waals surface area contributed by atoms with Gasteiger partial charge in [0.25, 0.3) is 11.8 Å². The molecule has 8 heteroatoms. The normalized spacial score (nSPS) is 11.0. The Morgan fingerprint density at radius 1 is 0.585 bits per heavy atom. The number of carbonyl (C=O) groups excluding carboxylic acids is 2. The van der Waals surface area contributed by atoms with Crippen molar-refractivity contribution in [1.29, 1.82) is 0 Å². The van der Waals surface area contributed by atoms with E-state index in [0.29, 0.717) is 16.9 Å². The molecule has 2 N–H and O–H groups in total. The van der Waals surface area contributed by atoms with E-state index < -0.39 is 23.6 Å². The van der Waals surface area contributed by atoms with Gasteiger partial charge in [-0.1, -0.05) is 66.7 Å². The number of para-hydroxylation sites is 4. The number of halogens is 3. The maximum atomic E-state index is 13.6. The molecular weight excluding hydrogens is 527 g/mol. The molecule has 0 atom stereocenters. The van der Waals surface area contributed by atoms with Gasteiger partial charge in [0.05, 0.1) is 22.5 Å². The van der Waals surface area contributed by atoms with Crippen molar-refractivity contribution in [3.05, 3.63) is 150 Å². The third-order valence-electron chi connectivity index (χ3n) is 6.28. The van der Waals surface area contributed by atoms with Crippen LogP contribution in [-0.2, 0) is 6.18 Å². The first-order valence-corrected chi connectivity index (χ1v) is 12.7. The zero-order valence-electron chi connectivity index (χ0n) is 21.6. The Hall–Kier alpha value is -5.37. The number of carbonyl (C=O) groups is 2. The van der Waals surface area contributed by atoms with Crippen molar-refractivity contribution in [1.82, 2.24) is 0 Å². The number of alkyl halides is 3. The Bertz CT molecular complexity index is 1630. The molecule has 0 saturated carbocycles. The zero-order chi connectivity index (χ0) is 28.8. The predicted molar refractivity (Wildman–Crippen MR) is 155 cm³/mol. The Morgan fingerprint density at radius 3 is 1.83 bits per heavy atom. The molecule has 0 heterocycles. The van der Waals surface area contributed by atoms with Crippen LogP contribution in [0.1, 0.15) is 26.3 Å². The van der Waals surface area contributed by atoms with Crippen molar-refractivity contribution >= 4 is 40.3 Å².